The molecule has 0 spiro atoms. The van der Waals surface area contributed by atoms with Gasteiger partial charge in [-0.2, -0.15) is 0 Å². The standard InChI is InChI=1S/C22H26N4OS2/c1-22(2,3)13-9-10-15-16(11-13)29-20-18(15)19(23)25-21(26-20)28-12-17(27)24-14-7-5-4-6-8-14/h4-8,13H,9-12H2,1-3H3,(H,24,27)(H2,23,25,26). The van der Waals surface area contributed by atoms with Gasteiger partial charge in [-0.15, -0.1) is 11.3 Å². The van der Waals surface area contributed by atoms with E-state index in [2.05, 4.69) is 31.1 Å². The molecule has 1 aromatic carbocycles. The van der Waals surface area contributed by atoms with Crippen LogP contribution in [0, 0.1) is 11.3 Å². The monoisotopic (exact) mass is 426 g/mol. The van der Waals surface area contributed by atoms with Gasteiger partial charge in [-0.05, 0) is 48.3 Å². The number of nitrogens with zero attached hydrogens (tertiary/aromatic N) is 2. The van der Waals surface area contributed by atoms with Crippen molar-refractivity contribution in [3.05, 3.63) is 40.8 Å². The van der Waals surface area contributed by atoms with Gasteiger partial charge in [0.25, 0.3) is 0 Å². The Morgan fingerprint density at radius 1 is 1.28 bits per heavy atom. The van der Waals surface area contributed by atoms with Crippen LogP contribution in [0.3, 0.4) is 0 Å². The number of amides is 1. The average Bonchev–Trinajstić information content (AvgIpc) is 3.04. The van der Waals surface area contributed by atoms with Gasteiger partial charge in [0.1, 0.15) is 10.6 Å². The van der Waals surface area contributed by atoms with Crippen LogP contribution in [0.1, 0.15) is 37.6 Å². The zero-order valence-corrected chi connectivity index (χ0v) is 18.6. The third kappa shape index (κ3) is 4.41. The summed E-state index contributed by atoms with van der Waals surface area (Å²) in [6.45, 7) is 6.96. The van der Waals surface area contributed by atoms with E-state index in [4.69, 9.17) is 10.7 Å². The molecule has 4 rings (SSSR count). The van der Waals surface area contributed by atoms with Gasteiger partial charge in [-0.25, -0.2) is 9.97 Å². The Balaban J connectivity index is 1.50. The van der Waals surface area contributed by atoms with Crippen molar-refractivity contribution < 1.29 is 4.79 Å². The Morgan fingerprint density at radius 2 is 2.03 bits per heavy atom. The molecule has 1 aliphatic rings. The minimum atomic E-state index is -0.0815. The third-order valence-electron chi connectivity index (χ3n) is 5.53. The molecule has 2 heterocycles. The predicted molar refractivity (Wildman–Crippen MR) is 123 cm³/mol. The maximum atomic E-state index is 12.2. The number of rotatable bonds is 4. The lowest BCUT2D eigenvalue weighted by atomic mass is 9.72. The second kappa shape index (κ2) is 7.95. The van der Waals surface area contributed by atoms with Gasteiger partial charge >= 0.3 is 0 Å². The molecule has 0 radical (unpaired) electrons. The third-order valence-corrected chi connectivity index (χ3v) is 7.53. The van der Waals surface area contributed by atoms with Crippen LogP contribution >= 0.6 is 23.1 Å². The summed E-state index contributed by atoms with van der Waals surface area (Å²) >= 11 is 3.06. The van der Waals surface area contributed by atoms with Crippen LogP contribution in [0.15, 0.2) is 35.5 Å². The number of thioether (sulfide) groups is 1. The molecule has 1 amide bonds. The van der Waals surface area contributed by atoms with Crippen LogP contribution in [0.2, 0.25) is 0 Å². The first-order valence-electron chi connectivity index (χ1n) is 9.86. The van der Waals surface area contributed by atoms with Crippen LogP contribution in [-0.4, -0.2) is 21.6 Å². The van der Waals surface area contributed by atoms with Crippen molar-refractivity contribution >= 4 is 50.7 Å². The normalized spacial score (nSPS) is 16.6. The maximum absolute atomic E-state index is 12.2. The smallest absolute Gasteiger partial charge is 0.234 e. The van der Waals surface area contributed by atoms with Gasteiger partial charge in [0.05, 0.1) is 11.1 Å². The molecular formula is C22H26N4OS2. The Morgan fingerprint density at radius 3 is 2.76 bits per heavy atom. The minimum Gasteiger partial charge on any atom is -0.383 e. The average molecular weight is 427 g/mol. The topological polar surface area (TPSA) is 80.9 Å². The molecule has 1 unspecified atom stereocenters. The molecule has 5 nitrogen and oxygen atoms in total. The van der Waals surface area contributed by atoms with Crippen LogP contribution in [0.4, 0.5) is 11.5 Å². The molecule has 29 heavy (non-hydrogen) atoms. The van der Waals surface area contributed by atoms with Crippen LogP contribution in [-0.2, 0) is 17.6 Å². The molecule has 1 atom stereocenters. The molecule has 0 bridgehead atoms. The second-order valence-electron chi connectivity index (χ2n) is 8.58. The lowest BCUT2D eigenvalue weighted by molar-refractivity contribution is -0.113. The number of carbonyl (C=O) groups is 1. The number of nitrogens with two attached hydrogens (primary N) is 1. The predicted octanol–water partition coefficient (Wildman–Crippen LogP) is 5.16. The van der Waals surface area contributed by atoms with E-state index in [1.165, 1.54) is 28.6 Å². The number of hydrogen-bond donors (Lipinski definition) is 2. The Hall–Kier alpha value is -2.12. The van der Waals surface area contributed by atoms with E-state index < -0.39 is 0 Å². The summed E-state index contributed by atoms with van der Waals surface area (Å²) in [5.41, 5.74) is 8.74. The van der Waals surface area contributed by atoms with Crippen molar-refractivity contribution in [2.75, 3.05) is 16.8 Å². The van der Waals surface area contributed by atoms with E-state index >= 15 is 0 Å². The van der Waals surface area contributed by atoms with Gasteiger partial charge in [0.2, 0.25) is 5.91 Å². The molecule has 0 saturated carbocycles. The number of fused-ring (bicyclic) bond motifs is 3. The van der Waals surface area contributed by atoms with E-state index in [1.807, 2.05) is 30.3 Å². The molecule has 152 valence electrons. The van der Waals surface area contributed by atoms with Crippen molar-refractivity contribution in [1.29, 1.82) is 0 Å². The fraction of sp³-hybridized carbons (Fsp3) is 0.409. The summed E-state index contributed by atoms with van der Waals surface area (Å²) in [6, 6.07) is 9.43. The summed E-state index contributed by atoms with van der Waals surface area (Å²) in [7, 11) is 0. The highest BCUT2D eigenvalue weighted by molar-refractivity contribution is 7.99. The van der Waals surface area contributed by atoms with E-state index in [0.29, 0.717) is 22.3 Å². The number of aromatic nitrogens is 2. The highest BCUT2D eigenvalue weighted by Gasteiger charge is 2.31. The zero-order valence-electron chi connectivity index (χ0n) is 17.0. The molecule has 7 heteroatoms. The summed E-state index contributed by atoms with van der Waals surface area (Å²) in [5.74, 6) is 1.37. The number of thiophene rings is 1. The number of benzene rings is 1. The summed E-state index contributed by atoms with van der Waals surface area (Å²) in [5, 5.41) is 4.46. The first kappa shape index (κ1) is 20.2. The van der Waals surface area contributed by atoms with Crippen LogP contribution in [0.25, 0.3) is 10.2 Å². The highest BCUT2D eigenvalue weighted by Crippen LogP contribution is 2.44. The number of hydrogen-bond acceptors (Lipinski definition) is 6. The van der Waals surface area contributed by atoms with E-state index in [0.717, 1.165) is 28.7 Å². The molecule has 3 aromatic rings. The Kier molecular flexibility index (Phi) is 5.53. The summed E-state index contributed by atoms with van der Waals surface area (Å²) in [6.07, 6.45) is 3.30. The van der Waals surface area contributed by atoms with Crippen molar-refractivity contribution in [2.45, 2.75) is 45.2 Å². The first-order valence-corrected chi connectivity index (χ1v) is 11.7. The summed E-state index contributed by atoms with van der Waals surface area (Å²) < 4.78 is 0. The number of nitrogens with one attached hydrogen (secondary N) is 1. The number of aryl methyl sites for hydroxylation is 1. The second-order valence-corrected chi connectivity index (χ2v) is 10.6. The Bertz CT molecular complexity index is 1040. The minimum absolute atomic E-state index is 0.0815. The molecule has 1 aliphatic carbocycles. The van der Waals surface area contributed by atoms with E-state index in [1.54, 1.807) is 11.3 Å². The summed E-state index contributed by atoms with van der Waals surface area (Å²) in [4.78, 5) is 23.8. The van der Waals surface area contributed by atoms with Gasteiger partial charge in [-0.1, -0.05) is 50.7 Å². The maximum Gasteiger partial charge on any atom is 0.234 e. The number of anilines is 2. The number of nitrogen functional groups attached to an aromatic ring is 1. The Labute approximate surface area is 179 Å². The van der Waals surface area contributed by atoms with Gasteiger partial charge in [-0.3, -0.25) is 4.79 Å². The van der Waals surface area contributed by atoms with Gasteiger partial charge < -0.3 is 11.1 Å². The molecule has 0 aliphatic heterocycles. The number of carbonyl (C=O) groups excluding carboxylic acids is 1. The van der Waals surface area contributed by atoms with Crippen LogP contribution < -0.4 is 11.1 Å². The molecule has 0 saturated heterocycles. The SMILES string of the molecule is CC(C)(C)C1CCc2c(sc3nc(SCC(=O)Nc4ccccc4)nc(N)c23)C1. The van der Waals surface area contributed by atoms with Crippen molar-refractivity contribution in [3.8, 4) is 0 Å². The number of para-hydroxylation sites is 1. The molecular weight excluding hydrogens is 400 g/mol. The van der Waals surface area contributed by atoms with E-state index in [-0.39, 0.29) is 11.7 Å². The van der Waals surface area contributed by atoms with Crippen molar-refractivity contribution in [1.82, 2.24) is 9.97 Å². The van der Waals surface area contributed by atoms with Gasteiger partial charge in [0.15, 0.2) is 5.16 Å². The zero-order chi connectivity index (χ0) is 20.6. The largest absolute Gasteiger partial charge is 0.383 e. The fourth-order valence-corrected chi connectivity index (χ4v) is 5.85. The molecule has 0 fully saturated rings. The molecule has 3 N–H and O–H groups in total. The van der Waals surface area contributed by atoms with E-state index in [9.17, 15) is 4.79 Å². The lowest BCUT2D eigenvalue weighted by Gasteiger charge is -2.33. The quantitative estimate of drug-likeness (QED) is 0.445. The van der Waals surface area contributed by atoms with Crippen molar-refractivity contribution in [2.24, 2.45) is 11.3 Å². The fourth-order valence-electron chi connectivity index (χ4n) is 3.84. The van der Waals surface area contributed by atoms with Crippen molar-refractivity contribution in [3.63, 3.8) is 0 Å². The lowest BCUT2D eigenvalue weighted by Crippen LogP contribution is -2.26. The highest BCUT2D eigenvalue weighted by atomic mass is 32.2. The van der Waals surface area contributed by atoms with Crippen LogP contribution in [0.5, 0.6) is 0 Å². The van der Waals surface area contributed by atoms with Gasteiger partial charge in [0, 0.05) is 10.6 Å². The molecule has 2 aromatic heterocycles. The first-order chi connectivity index (χ1) is 13.8.